The van der Waals surface area contributed by atoms with E-state index >= 15 is 0 Å². The van der Waals surface area contributed by atoms with Gasteiger partial charge in [-0.25, -0.2) is 14.8 Å². The maximum atomic E-state index is 13.5. The number of carbonyl (C=O) groups excluding carboxylic acids is 1. The number of fused-ring (bicyclic) bond motifs is 3. The van der Waals surface area contributed by atoms with Crippen molar-refractivity contribution in [2.24, 2.45) is 0 Å². The molecule has 1 amide bonds. The van der Waals surface area contributed by atoms with Crippen LogP contribution in [0.4, 0.5) is 4.79 Å². The minimum absolute atomic E-state index is 0.0345. The van der Waals surface area contributed by atoms with Crippen LogP contribution in [0.1, 0.15) is 76.9 Å². The molecule has 2 saturated carbocycles. The Morgan fingerprint density at radius 2 is 1.94 bits per heavy atom. The van der Waals surface area contributed by atoms with Gasteiger partial charge in [0, 0.05) is 29.6 Å². The van der Waals surface area contributed by atoms with E-state index in [4.69, 9.17) is 9.72 Å². The zero-order valence-electron chi connectivity index (χ0n) is 18.3. The number of H-pyrrole nitrogens is 1. The molecule has 0 unspecified atom stereocenters. The number of pyridine rings is 1. The molecule has 5 rings (SSSR count). The Morgan fingerprint density at radius 1 is 1.19 bits per heavy atom. The van der Waals surface area contributed by atoms with Gasteiger partial charge in [0.05, 0.1) is 11.7 Å². The number of hydrogen-bond donors (Lipinski definition) is 2. The Hall–Kier alpha value is -2.90. The quantitative estimate of drug-likeness (QED) is 0.659. The van der Waals surface area contributed by atoms with Crippen molar-refractivity contribution < 1.29 is 9.53 Å². The van der Waals surface area contributed by atoms with E-state index in [-0.39, 0.29) is 29.7 Å². The predicted octanol–water partition coefficient (Wildman–Crippen LogP) is 4.16. The Kier molecular flexibility index (Phi) is 4.75. The largest absolute Gasteiger partial charge is 0.444 e. The van der Waals surface area contributed by atoms with Crippen LogP contribution in [0, 0.1) is 0 Å². The van der Waals surface area contributed by atoms with Crippen molar-refractivity contribution in [1.29, 1.82) is 0 Å². The molecule has 31 heavy (non-hydrogen) atoms. The molecule has 3 heterocycles. The molecule has 0 bridgehead atoms. The zero-order valence-corrected chi connectivity index (χ0v) is 18.3. The first-order chi connectivity index (χ1) is 14.8. The molecule has 2 aliphatic rings. The maximum absolute atomic E-state index is 13.5. The summed E-state index contributed by atoms with van der Waals surface area (Å²) in [4.78, 5) is 38.0. The fourth-order valence-corrected chi connectivity index (χ4v) is 4.64. The fraction of sp³-hybridized carbons (Fsp3) is 0.565. The Bertz CT molecular complexity index is 1190. The highest BCUT2D eigenvalue weighted by molar-refractivity contribution is 6.00. The van der Waals surface area contributed by atoms with E-state index in [0.717, 1.165) is 60.6 Å². The summed E-state index contributed by atoms with van der Waals surface area (Å²) in [7, 11) is 0. The van der Waals surface area contributed by atoms with Gasteiger partial charge in [-0.05, 0) is 65.4 Å². The van der Waals surface area contributed by atoms with Gasteiger partial charge in [0.2, 0.25) is 0 Å². The van der Waals surface area contributed by atoms with Crippen molar-refractivity contribution in [2.45, 2.75) is 82.9 Å². The lowest BCUT2D eigenvalue weighted by Crippen LogP contribution is -2.42. The molecule has 8 nitrogen and oxygen atoms in total. The number of alkyl carbamates (subject to hydrolysis) is 1. The van der Waals surface area contributed by atoms with Crippen molar-refractivity contribution in [2.75, 3.05) is 0 Å². The van der Waals surface area contributed by atoms with Crippen LogP contribution < -0.4 is 10.9 Å². The molecule has 2 fully saturated rings. The van der Waals surface area contributed by atoms with E-state index in [1.165, 1.54) is 0 Å². The number of carbonyl (C=O) groups is 1. The zero-order chi connectivity index (χ0) is 21.8. The van der Waals surface area contributed by atoms with Crippen molar-refractivity contribution >= 4 is 28.2 Å². The van der Waals surface area contributed by atoms with Gasteiger partial charge in [-0.3, -0.25) is 4.79 Å². The van der Waals surface area contributed by atoms with Crippen molar-refractivity contribution in [1.82, 2.24) is 24.8 Å². The van der Waals surface area contributed by atoms with Gasteiger partial charge in [0.25, 0.3) is 5.56 Å². The van der Waals surface area contributed by atoms with E-state index in [9.17, 15) is 9.59 Å². The summed E-state index contributed by atoms with van der Waals surface area (Å²) in [6.07, 6.45) is 8.54. The van der Waals surface area contributed by atoms with Gasteiger partial charge in [-0.1, -0.05) is 0 Å². The Balaban J connectivity index is 1.45. The van der Waals surface area contributed by atoms with E-state index in [1.54, 1.807) is 6.20 Å². The van der Waals surface area contributed by atoms with Crippen LogP contribution in [0.25, 0.3) is 22.1 Å². The summed E-state index contributed by atoms with van der Waals surface area (Å²) < 4.78 is 7.36. The highest BCUT2D eigenvalue weighted by Gasteiger charge is 2.33. The summed E-state index contributed by atoms with van der Waals surface area (Å²) in [6, 6.07) is 2.11. The molecule has 0 aliphatic heterocycles. The highest BCUT2D eigenvalue weighted by atomic mass is 16.6. The summed E-state index contributed by atoms with van der Waals surface area (Å²) in [5.41, 5.74) is 2.61. The third kappa shape index (κ3) is 3.91. The number of hydrogen-bond acceptors (Lipinski definition) is 5. The van der Waals surface area contributed by atoms with Crippen molar-refractivity contribution in [3.8, 4) is 0 Å². The summed E-state index contributed by atoms with van der Waals surface area (Å²) in [5.74, 6) is 0.273. The van der Waals surface area contributed by atoms with Crippen molar-refractivity contribution in [3.05, 3.63) is 34.5 Å². The molecule has 8 heteroatoms. The number of rotatable bonds is 3. The maximum Gasteiger partial charge on any atom is 0.407 e. The molecule has 0 saturated heterocycles. The second-order valence-corrected chi connectivity index (χ2v) is 9.83. The van der Waals surface area contributed by atoms with Crippen LogP contribution in [-0.2, 0) is 4.74 Å². The monoisotopic (exact) mass is 423 g/mol. The van der Waals surface area contributed by atoms with Crippen LogP contribution in [0.3, 0.4) is 0 Å². The minimum atomic E-state index is -0.514. The van der Waals surface area contributed by atoms with Gasteiger partial charge < -0.3 is 19.6 Å². The first kappa shape index (κ1) is 20.0. The normalized spacial score (nSPS) is 22.0. The lowest BCUT2D eigenvalue weighted by molar-refractivity contribution is 0.0488. The van der Waals surface area contributed by atoms with E-state index in [0.29, 0.717) is 5.69 Å². The van der Waals surface area contributed by atoms with Gasteiger partial charge in [-0.2, -0.15) is 0 Å². The average molecular weight is 424 g/mol. The Morgan fingerprint density at radius 3 is 2.61 bits per heavy atom. The van der Waals surface area contributed by atoms with Crippen LogP contribution >= 0.6 is 0 Å². The Labute approximate surface area is 180 Å². The molecule has 0 radical (unpaired) electrons. The van der Waals surface area contributed by atoms with E-state index in [1.807, 2.05) is 37.6 Å². The average Bonchev–Trinajstić information content (AvgIpc) is 3.43. The van der Waals surface area contributed by atoms with Gasteiger partial charge >= 0.3 is 6.09 Å². The number of ether oxygens (including phenoxy) is 1. The molecule has 3 aromatic rings. The molecule has 164 valence electrons. The lowest BCUT2D eigenvalue weighted by Gasteiger charge is -2.32. The topological polar surface area (TPSA) is 102 Å². The molecule has 0 aromatic carbocycles. The second kappa shape index (κ2) is 7.35. The molecule has 2 aliphatic carbocycles. The van der Waals surface area contributed by atoms with Crippen molar-refractivity contribution in [3.63, 3.8) is 0 Å². The van der Waals surface area contributed by atoms with Gasteiger partial charge in [0.15, 0.2) is 0 Å². The molecular weight excluding hydrogens is 394 g/mol. The van der Waals surface area contributed by atoms with E-state index < -0.39 is 5.60 Å². The first-order valence-corrected chi connectivity index (χ1v) is 11.2. The summed E-state index contributed by atoms with van der Waals surface area (Å²) in [5, 5.41) is 3.92. The molecule has 0 atom stereocenters. The number of amides is 1. The molecule has 0 spiro atoms. The lowest BCUT2D eigenvalue weighted by atomic mass is 9.90. The third-order valence-electron chi connectivity index (χ3n) is 6.21. The highest BCUT2D eigenvalue weighted by Crippen LogP contribution is 2.39. The number of nitrogens with zero attached hydrogens (tertiary/aromatic N) is 3. The van der Waals surface area contributed by atoms with Gasteiger partial charge in [0.1, 0.15) is 22.5 Å². The van der Waals surface area contributed by atoms with Crippen LogP contribution in [0.5, 0.6) is 0 Å². The standard InChI is InChI=1S/C23H29N5O3/c1-23(2,3)31-22(30)26-14-6-8-15(9-7-14)28-19-16-10-11-24-20(16)25-12-17(19)27-18(21(28)29)13-4-5-13/h10-15H,4-9H2,1-3H3,(H,24,25)(H,26,30)/t14-,15-. The second-order valence-electron chi connectivity index (χ2n) is 9.83. The molecule has 3 aromatic heterocycles. The third-order valence-corrected chi connectivity index (χ3v) is 6.21. The predicted molar refractivity (Wildman–Crippen MR) is 118 cm³/mol. The summed E-state index contributed by atoms with van der Waals surface area (Å²) in [6.45, 7) is 5.58. The minimum Gasteiger partial charge on any atom is -0.444 e. The van der Waals surface area contributed by atoms with Crippen LogP contribution in [-0.4, -0.2) is 37.3 Å². The van der Waals surface area contributed by atoms with Crippen LogP contribution in [0.15, 0.2) is 23.3 Å². The van der Waals surface area contributed by atoms with Crippen LogP contribution in [0.2, 0.25) is 0 Å². The smallest absolute Gasteiger partial charge is 0.407 e. The number of aromatic amines is 1. The summed E-state index contributed by atoms with van der Waals surface area (Å²) >= 11 is 0. The molecular formula is C23H29N5O3. The SMILES string of the molecule is CC(C)(C)OC(=O)N[C@H]1CC[C@H](n2c(=O)c(C3CC3)nc3cnc4[nH]ccc4c32)CC1. The first-order valence-electron chi connectivity index (χ1n) is 11.2. The molecule has 2 N–H and O–H groups in total. The van der Waals surface area contributed by atoms with E-state index in [2.05, 4.69) is 15.3 Å². The fourth-order valence-electron chi connectivity index (χ4n) is 4.64. The van der Waals surface area contributed by atoms with Gasteiger partial charge in [-0.15, -0.1) is 0 Å². The number of nitrogens with one attached hydrogen (secondary N) is 2. The number of aromatic nitrogens is 4.